The number of thiophene rings is 1. The lowest BCUT2D eigenvalue weighted by molar-refractivity contribution is 0.112. The largest absolute Gasteiger partial charge is 0.337 e. The second-order valence-corrected chi connectivity index (χ2v) is 7.91. The average Bonchev–Trinajstić information content (AvgIpc) is 3.11. The first-order valence-corrected chi connectivity index (χ1v) is 10.1. The molecule has 0 aliphatic carbocycles. The van der Waals surface area contributed by atoms with E-state index in [1.54, 1.807) is 35.2 Å². The van der Waals surface area contributed by atoms with Gasteiger partial charge in [0.25, 0.3) is 0 Å². The summed E-state index contributed by atoms with van der Waals surface area (Å²) in [5, 5.41) is 2.10. The molecule has 0 fully saturated rings. The number of benzene rings is 2. The number of hydrogen-bond donors (Lipinski definition) is 0. The number of aldehydes is 1. The highest BCUT2D eigenvalue weighted by Gasteiger charge is 2.19. The van der Waals surface area contributed by atoms with Crippen molar-refractivity contribution in [3.8, 4) is 0 Å². The van der Waals surface area contributed by atoms with Gasteiger partial charge >= 0.3 is 0 Å². The molecule has 0 saturated carbocycles. The van der Waals surface area contributed by atoms with Crippen LogP contribution in [0.1, 0.15) is 20.8 Å². The van der Waals surface area contributed by atoms with Gasteiger partial charge in [-0.05, 0) is 29.6 Å². The molecular weight excluding hydrogens is 365 g/mol. The average molecular weight is 381 g/mol. The van der Waals surface area contributed by atoms with Crippen molar-refractivity contribution in [2.75, 3.05) is 11.4 Å². The van der Waals surface area contributed by atoms with Crippen molar-refractivity contribution in [1.29, 1.82) is 0 Å². The van der Waals surface area contributed by atoms with E-state index in [0.717, 1.165) is 16.3 Å². The molecule has 4 rings (SSSR count). The molecule has 0 unspecified atom stereocenters. The maximum atomic E-state index is 14.5. The monoisotopic (exact) mass is 381 g/mol. The summed E-state index contributed by atoms with van der Waals surface area (Å²) in [5.41, 5.74) is 3.23. The molecule has 5 heteroatoms. The third-order valence-corrected chi connectivity index (χ3v) is 6.52. The highest BCUT2D eigenvalue weighted by atomic mass is 32.2. The highest BCUT2D eigenvalue weighted by molar-refractivity contribution is 8.07. The smallest absolute Gasteiger partial charge is 0.150 e. The number of hydrogen-bond acceptors (Lipinski definition) is 4. The third-order valence-electron chi connectivity index (χ3n) is 4.29. The van der Waals surface area contributed by atoms with Crippen LogP contribution in [0, 0.1) is 5.82 Å². The number of para-hydroxylation sites is 1. The fourth-order valence-corrected chi connectivity index (χ4v) is 5.06. The van der Waals surface area contributed by atoms with Crippen molar-refractivity contribution < 1.29 is 9.18 Å². The van der Waals surface area contributed by atoms with Gasteiger partial charge in [-0.15, -0.1) is 23.1 Å². The fraction of sp³-hybridized carbons (Fsp3) is 0.0952. The lowest BCUT2D eigenvalue weighted by Gasteiger charge is -2.26. The van der Waals surface area contributed by atoms with Gasteiger partial charge in [-0.2, -0.15) is 0 Å². The number of fused-ring (bicyclic) bond motifs is 1. The van der Waals surface area contributed by atoms with Crippen LogP contribution in [0.15, 0.2) is 66.1 Å². The maximum absolute atomic E-state index is 14.5. The van der Waals surface area contributed by atoms with E-state index >= 15 is 0 Å². The molecule has 1 aliphatic rings. The predicted octanol–water partition coefficient (Wildman–Crippen LogP) is 6.13. The minimum atomic E-state index is -0.355. The van der Waals surface area contributed by atoms with Gasteiger partial charge in [0.05, 0.1) is 5.69 Å². The zero-order chi connectivity index (χ0) is 17.9. The molecule has 1 aliphatic heterocycles. The molecular formula is C21H16FNOS2. The van der Waals surface area contributed by atoms with Crippen molar-refractivity contribution in [2.24, 2.45) is 0 Å². The van der Waals surface area contributed by atoms with Crippen molar-refractivity contribution in [3.05, 3.63) is 87.9 Å². The molecule has 0 amide bonds. The third kappa shape index (κ3) is 3.32. The van der Waals surface area contributed by atoms with Crippen LogP contribution in [-0.4, -0.2) is 12.8 Å². The summed E-state index contributed by atoms with van der Waals surface area (Å²) in [5.74, 6) is 0.434. The molecule has 2 heterocycles. The van der Waals surface area contributed by atoms with E-state index in [0.29, 0.717) is 24.0 Å². The van der Waals surface area contributed by atoms with E-state index in [2.05, 4.69) is 34.6 Å². The lowest BCUT2D eigenvalue weighted by atomic mass is 10.1. The number of thioether (sulfide) groups is 1. The summed E-state index contributed by atoms with van der Waals surface area (Å²) in [6.45, 7) is 0.658. The van der Waals surface area contributed by atoms with Gasteiger partial charge in [0.2, 0.25) is 0 Å². The van der Waals surface area contributed by atoms with Gasteiger partial charge in [0.15, 0.2) is 0 Å². The number of nitrogens with zero attached hydrogens (tertiary/aromatic N) is 1. The van der Waals surface area contributed by atoms with E-state index in [-0.39, 0.29) is 5.82 Å². The van der Waals surface area contributed by atoms with Crippen LogP contribution in [0.4, 0.5) is 15.8 Å². The molecule has 2 aromatic carbocycles. The zero-order valence-corrected chi connectivity index (χ0v) is 15.5. The van der Waals surface area contributed by atoms with Gasteiger partial charge in [-0.25, -0.2) is 4.39 Å². The summed E-state index contributed by atoms with van der Waals surface area (Å²) in [4.78, 5) is 15.3. The molecule has 130 valence electrons. The highest BCUT2D eigenvalue weighted by Crippen LogP contribution is 2.41. The Labute approximate surface area is 160 Å². The normalized spacial score (nSPS) is 14.2. The summed E-state index contributed by atoms with van der Waals surface area (Å²) in [6, 6.07) is 17.0. The first-order valence-electron chi connectivity index (χ1n) is 8.23. The van der Waals surface area contributed by atoms with E-state index in [4.69, 9.17) is 0 Å². The second-order valence-electron chi connectivity index (χ2n) is 5.89. The molecule has 0 spiro atoms. The Morgan fingerprint density at radius 1 is 1.08 bits per heavy atom. The predicted molar refractivity (Wildman–Crippen MR) is 109 cm³/mol. The lowest BCUT2D eigenvalue weighted by Crippen LogP contribution is -2.18. The SMILES string of the molecule is O=Cc1ccc(C2=CCN(c3ccccc3)c3ccsc3CS2)c(F)c1. The number of rotatable bonds is 3. The molecule has 1 aromatic heterocycles. The Balaban J connectivity index is 1.73. The zero-order valence-electron chi connectivity index (χ0n) is 13.9. The van der Waals surface area contributed by atoms with Crippen LogP contribution in [0.25, 0.3) is 4.91 Å². The number of carbonyl (C=O) groups excluding carboxylic acids is 1. The fourth-order valence-electron chi connectivity index (χ4n) is 3.00. The maximum Gasteiger partial charge on any atom is 0.150 e. The first-order chi connectivity index (χ1) is 12.8. The minimum Gasteiger partial charge on any atom is -0.337 e. The molecule has 3 aromatic rings. The van der Waals surface area contributed by atoms with Crippen molar-refractivity contribution in [2.45, 2.75) is 5.75 Å². The van der Waals surface area contributed by atoms with Crippen molar-refractivity contribution in [3.63, 3.8) is 0 Å². The molecule has 0 saturated heterocycles. The first kappa shape index (κ1) is 17.1. The van der Waals surface area contributed by atoms with Gasteiger partial charge in [0, 0.05) is 38.9 Å². The van der Waals surface area contributed by atoms with E-state index in [1.165, 1.54) is 16.6 Å². The van der Waals surface area contributed by atoms with Gasteiger partial charge < -0.3 is 4.90 Å². The van der Waals surface area contributed by atoms with Crippen LogP contribution in [-0.2, 0) is 5.75 Å². The number of halogens is 1. The van der Waals surface area contributed by atoms with Gasteiger partial charge in [-0.1, -0.05) is 36.4 Å². The molecule has 0 radical (unpaired) electrons. The number of anilines is 2. The summed E-state index contributed by atoms with van der Waals surface area (Å²) >= 11 is 3.36. The summed E-state index contributed by atoms with van der Waals surface area (Å²) < 4.78 is 14.5. The Kier molecular flexibility index (Phi) is 4.91. The van der Waals surface area contributed by atoms with Crippen LogP contribution in [0.3, 0.4) is 0 Å². The standard InChI is InChI=1S/C21H16FNOS2/c22-18-12-15(13-24)6-7-17(18)20-8-10-23(16-4-2-1-3-5-16)19-9-11-25-21(19)14-26-20/h1-9,11-13H,10,14H2. The van der Waals surface area contributed by atoms with Crippen LogP contribution < -0.4 is 4.90 Å². The van der Waals surface area contributed by atoms with Crippen molar-refractivity contribution in [1.82, 2.24) is 0 Å². The van der Waals surface area contributed by atoms with E-state index in [1.807, 2.05) is 18.2 Å². The van der Waals surface area contributed by atoms with E-state index in [9.17, 15) is 9.18 Å². The number of carbonyl (C=O) groups is 1. The molecule has 2 nitrogen and oxygen atoms in total. The van der Waals surface area contributed by atoms with Crippen molar-refractivity contribution >= 4 is 45.7 Å². The Morgan fingerprint density at radius 2 is 1.92 bits per heavy atom. The topological polar surface area (TPSA) is 20.3 Å². The molecule has 0 atom stereocenters. The second kappa shape index (κ2) is 7.48. The quantitative estimate of drug-likeness (QED) is 0.509. The van der Waals surface area contributed by atoms with Crippen LogP contribution >= 0.6 is 23.1 Å². The molecule has 26 heavy (non-hydrogen) atoms. The van der Waals surface area contributed by atoms with E-state index < -0.39 is 0 Å². The van der Waals surface area contributed by atoms with Crippen LogP contribution in [0.5, 0.6) is 0 Å². The minimum absolute atomic E-state index is 0.355. The summed E-state index contributed by atoms with van der Waals surface area (Å²) in [7, 11) is 0. The Bertz CT molecular complexity index is 965. The van der Waals surface area contributed by atoms with Gasteiger partial charge in [-0.3, -0.25) is 4.79 Å². The molecule has 0 N–H and O–H groups in total. The van der Waals surface area contributed by atoms with Crippen LogP contribution in [0.2, 0.25) is 0 Å². The summed E-state index contributed by atoms with van der Waals surface area (Å²) in [6.07, 6.45) is 2.73. The Morgan fingerprint density at radius 3 is 2.69 bits per heavy atom. The van der Waals surface area contributed by atoms with Gasteiger partial charge in [0.1, 0.15) is 12.1 Å². The molecule has 0 bridgehead atoms. The Hall–Kier alpha value is -2.37.